The first-order valence-corrected chi connectivity index (χ1v) is 2.49. The van der Waals surface area contributed by atoms with Gasteiger partial charge in [-0.15, -0.1) is 0 Å². The molecule has 0 aliphatic rings. The molecule has 0 bridgehead atoms. The fourth-order valence-electron chi connectivity index (χ4n) is 0.330. The van der Waals surface area contributed by atoms with Gasteiger partial charge in [0.25, 0.3) is 0 Å². The van der Waals surface area contributed by atoms with Crippen LogP contribution in [0.2, 0.25) is 0 Å². The minimum Gasteiger partial charge on any atom is -0.479 e. The van der Waals surface area contributed by atoms with Crippen LogP contribution in [-0.2, 0) is 9.53 Å². The Labute approximate surface area is 52.9 Å². The molecule has 0 saturated carbocycles. The minimum atomic E-state index is -1.10. The quantitative estimate of drug-likeness (QED) is 0.414. The van der Waals surface area contributed by atoms with E-state index in [-0.39, 0.29) is 5.88 Å². The first-order valence-electron chi connectivity index (χ1n) is 2.49. The Morgan fingerprint density at radius 2 is 2.44 bits per heavy atom. The standard InChI is InChI=1S/C5H9NO3/c1-2-9-4(6)3-5(7)8/h3H,2,6H2,1H3,(H,7,8)/b4-3+. The maximum atomic E-state index is 9.85. The van der Waals surface area contributed by atoms with Crippen molar-refractivity contribution in [3.05, 3.63) is 12.0 Å². The molecule has 4 heteroatoms. The van der Waals surface area contributed by atoms with Crippen molar-refractivity contribution in [2.24, 2.45) is 5.73 Å². The highest BCUT2D eigenvalue weighted by molar-refractivity contribution is 5.80. The summed E-state index contributed by atoms with van der Waals surface area (Å²) in [7, 11) is 0. The van der Waals surface area contributed by atoms with E-state index >= 15 is 0 Å². The van der Waals surface area contributed by atoms with E-state index in [1.807, 2.05) is 0 Å². The predicted octanol–water partition coefficient (Wildman–Crippen LogP) is -0.0924. The van der Waals surface area contributed by atoms with Crippen LogP contribution in [0.25, 0.3) is 0 Å². The number of carboxylic acid groups (broad SMARTS) is 1. The maximum Gasteiger partial charge on any atom is 0.333 e. The van der Waals surface area contributed by atoms with Crippen molar-refractivity contribution in [1.29, 1.82) is 0 Å². The first kappa shape index (κ1) is 7.81. The smallest absolute Gasteiger partial charge is 0.333 e. The summed E-state index contributed by atoms with van der Waals surface area (Å²) in [6, 6.07) is 0. The molecule has 0 spiro atoms. The van der Waals surface area contributed by atoms with Crippen molar-refractivity contribution in [3.63, 3.8) is 0 Å². The number of nitrogens with two attached hydrogens (primary N) is 1. The van der Waals surface area contributed by atoms with Crippen LogP contribution >= 0.6 is 0 Å². The fraction of sp³-hybridized carbons (Fsp3) is 0.400. The third-order valence-corrected chi connectivity index (χ3v) is 0.577. The van der Waals surface area contributed by atoms with Crippen molar-refractivity contribution < 1.29 is 14.6 Å². The summed E-state index contributed by atoms with van der Waals surface area (Å²) in [5.74, 6) is -1.16. The number of hydrogen-bond donors (Lipinski definition) is 2. The van der Waals surface area contributed by atoms with Crippen molar-refractivity contribution in [1.82, 2.24) is 0 Å². The zero-order chi connectivity index (χ0) is 7.28. The van der Waals surface area contributed by atoms with E-state index in [2.05, 4.69) is 4.74 Å². The Morgan fingerprint density at radius 3 is 2.78 bits per heavy atom. The van der Waals surface area contributed by atoms with Gasteiger partial charge < -0.3 is 15.6 Å². The molecule has 0 rings (SSSR count). The van der Waals surface area contributed by atoms with Crippen molar-refractivity contribution in [2.45, 2.75) is 6.92 Å². The van der Waals surface area contributed by atoms with Gasteiger partial charge in [0.05, 0.1) is 12.7 Å². The van der Waals surface area contributed by atoms with Crippen molar-refractivity contribution in [3.8, 4) is 0 Å². The Hall–Kier alpha value is -1.19. The summed E-state index contributed by atoms with van der Waals surface area (Å²) >= 11 is 0. The third-order valence-electron chi connectivity index (χ3n) is 0.577. The lowest BCUT2D eigenvalue weighted by molar-refractivity contribution is -0.131. The SMILES string of the molecule is CCO/C(N)=C/C(=O)O. The Balaban J connectivity index is 3.69. The average molecular weight is 131 g/mol. The van der Waals surface area contributed by atoms with Crippen LogP contribution in [0.4, 0.5) is 0 Å². The van der Waals surface area contributed by atoms with Gasteiger partial charge in [-0.1, -0.05) is 0 Å². The Bertz CT molecular complexity index is 130. The average Bonchev–Trinajstić information content (AvgIpc) is 1.63. The molecule has 0 heterocycles. The molecule has 3 N–H and O–H groups in total. The van der Waals surface area contributed by atoms with Crippen LogP contribution in [0.5, 0.6) is 0 Å². The van der Waals surface area contributed by atoms with E-state index in [1.54, 1.807) is 6.92 Å². The van der Waals surface area contributed by atoms with E-state index < -0.39 is 5.97 Å². The molecule has 0 aliphatic heterocycles. The molecule has 0 unspecified atom stereocenters. The van der Waals surface area contributed by atoms with Crippen LogP contribution in [0.3, 0.4) is 0 Å². The number of ether oxygens (including phenoxy) is 1. The second-order valence-corrected chi connectivity index (χ2v) is 1.32. The van der Waals surface area contributed by atoms with Crippen LogP contribution in [0.15, 0.2) is 12.0 Å². The molecule has 0 atom stereocenters. The highest BCUT2D eigenvalue weighted by Crippen LogP contribution is 1.84. The molecule has 0 aromatic rings. The second kappa shape index (κ2) is 3.77. The molecule has 0 aromatic carbocycles. The van der Waals surface area contributed by atoms with Gasteiger partial charge in [-0.25, -0.2) is 4.79 Å². The summed E-state index contributed by atoms with van der Waals surface area (Å²) < 4.78 is 4.61. The highest BCUT2D eigenvalue weighted by Gasteiger charge is 1.92. The van der Waals surface area contributed by atoms with Crippen molar-refractivity contribution >= 4 is 5.97 Å². The lowest BCUT2D eigenvalue weighted by atomic mass is 10.6. The number of rotatable bonds is 3. The second-order valence-electron chi connectivity index (χ2n) is 1.32. The summed E-state index contributed by atoms with van der Waals surface area (Å²) in [6.45, 7) is 2.11. The van der Waals surface area contributed by atoms with Gasteiger partial charge in [-0.2, -0.15) is 0 Å². The van der Waals surface area contributed by atoms with Crippen LogP contribution < -0.4 is 5.73 Å². The number of carboxylic acids is 1. The normalized spacial score (nSPS) is 11.0. The van der Waals surface area contributed by atoms with E-state index in [4.69, 9.17) is 10.8 Å². The predicted molar refractivity (Wildman–Crippen MR) is 31.5 cm³/mol. The van der Waals surface area contributed by atoms with Gasteiger partial charge >= 0.3 is 5.97 Å². The van der Waals surface area contributed by atoms with E-state index in [1.165, 1.54) is 0 Å². The van der Waals surface area contributed by atoms with Gasteiger partial charge in [-0.05, 0) is 6.92 Å². The molecule has 4 nitrogen and oxygen atoms in total. The summed E-state index contributed by atoms with van der Waals surface area (Å²) in [5, 5.41) is 8.07. The van der Waals surface area contributed by atoms with Gasteiger partial charge in [0, 0.05) is 0 Å². The zero-order valence-electron chi connectivity index (χ0n) is 5.13. The Kier molecular flexibility index (Phi) is 3.27. The molecule has 0 amide bonds. The molecule has 0 radical (unpaired) electrons. The lowest BCUT2D eigenvalue weighted by Gasteiger charge is -1.98. The summed E-state index contributed by atoms with van der Waals surface area (Å²) in [5.41, 5.74) is 5.04. The Morgan fingerprint density at radius 1 is 1.89 bits per heavy atom. The number of hydrogen-bond acceptors (Lipinski definition) is 3. The molecule has 52 valence electrons. The van der Waals surface area contributed by atoms with E-state index in [0.717, 1.165) is 6.08 Å². The molecular weight excluding hydrogens is 122 g/mol. The van der Waals surface area contributed by atoms with Gasteiger partial charge in [0.15, 0.2) is 5.88 Å². The molecule has 0 fully saturated rings. The molecule has 0 aromatic heterocycles. The van der Waals surface area contributed by atoms with Crippen LogP contribution in [0, 0.1) is 0 Å². The minimum absolute atomic E-state index is 0.0648. The maximum absolute atomic E-state index is 9.85. The third kappa shape index (κ3) is 4.67. The van der Waals surface area contributed by atoms with E-state index in [0.29, 0.717) is 6.61 Å². The molecule has 9 heavy (non-hydrogen) atoms. The fourth-order valence-corrected chi connectivity index (χ4v) is 0.330. The van der Waals surface area contributed by atoms with Gasteiger partial charge in [0.2, 0.25) is 0 Å². The molecular formula is C5H9NO3. The van der Waals surface area contributed by atoms with Gasteiger partial charge in [-0.3, -0.25) is 0 Å². The largest absolute Gasteiger partial charge is 0.479 e. The number of carbonyl (C=O) groups is 1. The van der Waals surface area contributed by atoms with E-state index in [9.17, 15) is 4.79 Å². The summed E-state index contributed by atoms with van der Waals surface area (Å²) in [4.78, 5) is 9.85. The summed E-state index contributed by atoms with van der Waals surface area (Å²) in [6.07, 6.45) is 0.809. The number of aliphatic carboxylic acids is 1. The first-order chi connectivity index (χ1) is 4.16. The molecule has 0 aliphatic carbocycles. The zero-order valence-corrected chi connectivity index (χ0v) is 5.13. The lowest BCUT2D eigenvalue weighted by Crippen LogP contribution is -2.05. The van der Waals surface area contributed by atoms with Crippen LogP contribution in [-0.4, -0.2) is 17.7 Å². The van der Waals surface area contributed by atoms with Gasteiger partial charge in [0.1, 0.15) is 0 Å². The van der Waals surface area contributed by atoms with Crippen molar-refractivity contribution in [2.75, 3.05) is 6.61 Å². The monoisotopic (exact) mass is 131 g/mol. The van der Waals surface area contributed by atoms with Crippen LogP contribution in [0.1, 0.15) is 6.92 Å². The topological polar surface area (TPSA) is 72.5 Å². The highest BCUT2D eigenvalue weighted by atomic mass is 16.5. The molecule has 0 saturated heterocycles.